The van der Waals surface area contributed by atoms with E-state index in [2.05, 4.69) is 10.6 Å². The number of aryl methyl sites for hydroxylation is 1. The third-order valence-corrected chi connectivity index (χ3v) is 4.80. The summed E-state index contributed by atoms with van der Waals surface area (Å²) >= 11 is 0. The first-order valence-electron chi connectivity index (χ1n) is 11.7. The summed E-state index contributed by atoms with van der Waals surface area (Å²) in [5.74, 6) is -1.41. The van der Waals surface area contributed by atoms with Crippen LogP contribution in [0.25, 0.3) is 0 Å². The number of hydrogen-bond acceptors (Lipinski definition) is 5. The van der Waals surface area contributed by atoms with Crippen LogP contribution < -0.4 is 16.4 Å². The van der Waals surface area contributed by atoms with Gasteiger partial charge in [0.1, 0.15) is 17.7 Å². The van der Waals surface area contributed by atoms with Gasteiger partial charge in [0.05, 0.1) is 0 Å². The summed E-state index contributed by atoms with van der Waals surface area (Å²) in [5, 5.41) is 5.46. The number of nitrogens with zero attached hydrogens (tertiary/aromatic N) is 1. The Morgan fingerprint density at radius 1 is 1.06 bits per heavy atom. The van der Waals surface area contributed by atoms with Crippen molar-refractivity contribution in [2.75, 3.05) is 6.54 Å². The number of nitrogens with one attached hydrogen (secondary N) is 2. The van der Waals surface area contributed by atoms with E-state index in [1.54, 1.807) is 20.8 Å². The zero-order valence-corrected chi connectivity index (χ0v) is 21.4. The maximum absolute atomic E-state index is 13.7. The zero-order chi connectivity index (χ0) is 26.1. The van der Waals surface area contributed by atoms with Gasteiger partial charge in [-0.05, 0) is 59.9 Å². The van der Waals surface area contributed by atoms with Gasteiger partial charge >= 0.3 is 6.09 Å². The van der Waals surface area contributed by atoms with Crippen LogP contribution in [0.5, 0.6) is 0 Å². The van der Waals surface area contributed by atoms with Crippen molar-refractivity contribution in [1.82, 2.24) is 15.5 Å². The van der Waals surface area contributed by atoms with Gasteiger partial charge in [0.2, 0.25) is 17.7 Å². The van der Waals surface area contributed by atoms with Crippen molar-refractivity contribution < 1.29 is 23.9 Å². The monoisotopic (exact) mass is 476 g/mol. The Labute approximate surface area is 202 Å². The van der Waals surface area contributed by atoms with Crippen molar-refractivity contribution >= 4 is 23.8 Å². The van der Waals surface area contributed by atoms with Crippen molar-refractivity contribution in [2.45, 2.75) is 91.5 Å². The summed E-state index contributed by atoms with van der Waals surface area (Å²) < 4.78 is 5.31. The first-order chi connectivity index (χ1) is 15.7. The highest BCUT2D eigenvalue weighted by atomic mass is 16.6. The second-order valence-corrected chi connectivity index (χ2v) is 9.71. The van der Waals surface area contributed by atoms with Crippen LogP contribution in [0.2, 0.25) is 0 Å². The molecule has 4 N–H and O–H groups in total. The van der Waals surface area contributed by atoms with Gasteiger partial charge in [-0.25, -0.2) is 4.79 Å². The number of primary amides is 1. The molecule has 2 atom stereocenters. The van der Waals surface area contributed by atoms with Gasteiger partial charge in [0.25, 0.3) is 0 Å². The van der Waals surface area contributed by atoms with Crippen LogP contribution in [0.4, 0.5) is 4.79 Å². The SMILES string of the molecule is CCCN(C(=O)C(CCC(N)=O)NC(=O)OC(C)(C)C)C(C(=O)NC(C)C)c1ccc(C)cc1. The number of carbonyl (C=O) groups is 4. The molecule has 0 spiro atoms. The highest BCUT2D eigenvalue weighted by molar-refractivity contribution is 5.92. The van der Waals surface area contributed by atoms with Crippen LogP contribution in [0, 0.1) is 6.92 Å². The van der Waals surface area contributed by atoms with E-state index in [0.29, 0.717) is 12.0 Å². The minimum atomic E-state index is -1.09. The summed E-state index contributed by atoms with van der Waals surface area (Å²) in [6.45, 7) is 12.9. The number of amides is 4. The number of benzene rings is 1. The molecule has 0 saturated heterocycles. The molecule has 0 bridgehead atoms. The minimum absolute atomic E-state index is 0.0138. The van der Waals surface area contributed by atoms with E-state index in [0.717, 1.165) is 5.56 Å². The molecule has 2 unspecified atom stereocenters. The van der Waals surface area contributed by atoms with Crippen molar-refractivity contribution in [3.05, 3.63) is 35.4 Å². The van der Waals surface area contributed by atoms with E-state index < -0.39 is 35.6 Å². The quantitative estimate of drug-likeness (QED) is 0.452. The Kier molecular flexibility index (Phi) is 11.0. The van der Waals surface area contributed by atoms with Crippen LogP contribution in [-0.2, 0) is 19.1 Å². The number of hydrogen-bond donors (Lipinski definition) is 3. The highest BCUT2D eigenvalue weighted by Gasteiger charge is 2.36. The van der Waals surface area contributed by atoms with E-state index in [1.165, 1.54) is 4.90 Å². The molecule has 0 radical (unpaired) electrons. The average molecular weight is 477 g/mol. The predicted molar refractivity (Wildman–Crippen MR) is 131 cm³/mol. The minimum Gasteiger partial charge on any atom is -0.444 e. The number of ether oxygens (including phenoxy) is 1. The van der Waals surface area contributed by atoms with Crippen molar-refractivity contribution in [3.8, 4) is 0 Å². The molecule has 0 aliphatic rings. The maximum atomic E-state index is 13.7. The number of alkyl carbamates (subject to hydrolysis) is 1. The van der Waals surface area contributed by atoms with E-state index in [1.807, 2.05) is 52.0 Å². The molecule has 9 nitrogen and oxygen atoms in total. The fraction of sp³-hybridized carbons (Fsp3) is 0.600. The molecule has 1 aromatic rings. The first kappa shape index (κ1) is 28.9. The summed E-state index contributed by atoms with van der Waals surface area (Å²) in [5.41, 5.74) is 6.20. The Bertz CT molecular complexity index is 846. The highest BCUT2D eigenvalue weighted by Crippen LogP contribution is 2.24. The standard InChI is InChI=1S/C25H40N4O5/c1-8-15-29(21(22(31)27-16(2)3)18-11-9-17(4)10-12-18)23(32)19(13-14-20(26)30)28-24(33)34-25(5,6)7/h9-12,16,19,21H,8,13-15H2,1-7H3,(H2,26,30)(H,27,31)(H,28,33). The second kappa shape index (κ2) is 13.0. The molecule has 0 aliphatic carbocycles. The van der Waals surface area contributed by atoms with E-state index >= 15 is 0 Å². The molecule has 190 valence electrons. The average Bonchev–Trinajstić information content (AvgIpc) is 2.69. The van der Waals surface area contributed by atoms with Gasteiger partial charge < -0.3 is 26.0 Å². The molecule has 0 aromatic heterocycles. The zero-order valence-electron chi connectivity index (χ0n) is 21.4. The Morgan fingerprint density at radius 2 is 1.65 bits per heavy atom. The summed E-state index contributed by atoms with van der Waals surface area (Å²) in [6, 6.07) is 5.25. The smallest absolute Gasteiger partial charge is 0.408 e. The van der Waals surface area contributed by atoms with Gasteiger partial charge in [-0.3, -0.25) is 14.4 Å². The topological polar surface area (TPSA) is 131 Å². The van der Waals surface area contributed by atoms with Gasteiger partial charge in [0, 0.05) is 19.0 Å². The Balaban J connectivity index is 3.39. The third kappa shape index (κ3) is 9.80. The third-order valence-electron chi connectivity index (χ3n) is 4.80. The second-order valence-electron chi connectivity index (χ2n) is 9.71. The molecule has 9 heteroatoms. The van der Waals surface area contributed by atoms with Crippen LogP contribution in [0.3, 0.4) is 0 Å². The van der Waals surface area contributed by atoms with Gasteiger partial charge in [-0.1, -0.05) is 36.8 Å². The summed E-state index contributed by atoms with van der Waals surface area (Å²) in [4.78, 5) is 52.4. The van der Waals surface area contributed by atoms with Crippen molar-refractivity contribution in [2.24, 2.45) is 5.73 Å². The molecule has 4 amide bonds. The molecular formula is C25H40N4O5. The lowest BCUT2D eigenvalue weighted by Crippen LogP contribution is -2.53. The van der Waals surface area contributed by atoms with Gasteiger partial charge in [0.15, 0.2) is 0 Å². The Hall–Kier alpha value is -3.10. The molecule has 0 heterocycles. The van der Waals surface area contributed by atoms with Gasteiger partial charge in [-0.2, -0.15) is 0 Å². The molecule has 0 aliphatic heterocycles. The number of nitrogens with two attached hydrogens (primary N) is 1. The van der Waals surface area contributed by atoms with E-state index in [-0.39, 0.29) is 31.3 Å². The number of carbonyl (C=O) groups excluding carboxylic acids is 4. The lowest BCUT2D eigenvalue weighted by molar-refractivity contribution is -0.143. The van der Waals surface area contributed by atoms with Crippen LogP contribution in [-0.4, -0.2) is 52.9 Å². The lowest BCUT2D eigenvalue weighted by Gasteiger charge is -2.34. The van der Waals surface area contributed by atoms with Crippen LogP contribution >= 0.6 is 0 Å². The fourth-order valence-electron chi connectivity index (χ4n) is 3.39. The molecule has 0 fully saturated rings. The molecular weight excluding hydrogens is 436 g/mol. The summed E-state index contributed by atoms with van der Waals surface area (Å²) in [7, 11) is 0. The van der Waals surface area contributed by atoms with Crippen molar-refractivity contribution in [1.29, 1.82) is 0 Å². The first-order valence-corrected chi connectivity index (χ1v) is 11.7. The molecule has 1 aromatic carbocycles. The molecule has 0 saturated carbocycles. The van der Waals surface area contributed by atoms with E-state index in [9.17, 15) is 19.2 Å². The number of rotatable bonds is 11. The van der Waals surface area contributed by atoms with Crippen molar-refractivity contribution in [3.63, 3.8) is 0 Å². The fourth-order valence-corrected chi connectivity index (χ4v) is 3.39. The maximum Gasteiger partial charge on any atom is 0.408 e. The largest absolute Gasteiger partial charge is 0.444 e. The lowest BCUT2D eigenvalue weighted by atomic mass is 10.00. The Morgan fingerprint density at radius 3 is 2.12 bits per heavy atom. The summed E-state index contributed by atoms with van der Waals surface area (Å²) in [6.07, 6.45) is -0.331. The van der Waals surface area contributed by atoms with Crippen LogP contribution in [0.1, 0.15) is 78.0 Å². The predicted octanol–water partition coefficient (Wildman–Crippen LogP) is 2.96. The normalized spacial score (nSPS) is 13.1. The van der Waals surface area contributed by atoms with E-state index in [4.69, 9.17) is 10.5 Å². The molecule has 34 heavy (non-hydrogen) atoms. The van der Waals surface area contributed by atoms with Gasteiger partial charge in [-0.15, -0.1) is 0 Å². The van der Waals surface area contributed by atoms with Crippen LogP contribution in [0.15, 0.2) is 24.3 Å². The molecule has 1 rings (SSSR count).